The molecule has 0 amide bonds. The van der Waals surface area contributed by atoms with Crippen LogP contribution in [0.15, 0.2) is 60.7 Å². The summed E-state index contributed by atoms with van der Waals surface area (Å²) in [5.74, 6) is 0. The van der Waals surface area contributed by atoms with Gasteiger partial charge in [-0.3, -0.25) is 0 Å². The summed E-state index contributed by atoms with van der Waals surface area (Å²) in [7, 11) is 0. The molecule has 0 N–H and O–H groups in total. The predicted molar refractivity (Wildman–Crippen MR) is 71.3 cm³/mol. The van der Waals surface area contributed by atoms with Crippen LogP contribution in [-0.2, 0) is 0 Å². The first-order chi connectivity index (χ1) is 9.06. The van der Waals surface area contributed by atoms with Gasteiger partial charge in [-0.15, -0.1) is 0 Å². The van der Waals surface area contributed by atoms with E-state index in [2.05, 4.69) is 0 Å². The van der Waals surface area contributed by atoms with Crippen LogP contribution in [0.3, 0.4) is 0 Å². The van der Waals surface area contributed by atoms with Crippen LogP contribution in [-0.4, -0.2) is 21.1 Å². The second kappa shape index (κ2) is 6.27. The molecular weight excluding hydrogens is 316 g/mol. The molecule has 0 fully saturated rings. The minimum atomic E-state index is -4.08. The van der Waals surface area contributed by atoms with E-state index in [9.17, 15) is 13.2 Å². The SMILES string of the molecule is FC(F)(F)C[Se]C(c1ccccc1)c1ccccc1. The van der Waals surface area contributed by atoms with E-state index in [1.165, 1.54) is 0 Å². The van der Waals surface area contributed by atoms with Crippen LogP contribution >= 0.6 is 0 Å². The van der Waals surface area contributed by atoms with Crippen LogP contribution in [0.4, 0.5) is 13.2 Å². The number of hydrogen-bond donors (Lipinski definition) is 0. The predicted octanol–water partition coefficient (Wildman–Crippen LogP) is 4.46. The molecule has 0 aliphatic heterocycles. The Hall–Kier alpha value is -1.25. The Balaban J connectivity index is 2.24. The van der Waals surface area contributed by atoms with Gasteiger partial charge in [0.25, 0.3) is 0 Å². The quantitative estimate of drug-likeness (QED) is 0.727. The van der Waals surface area contributed by atoms with Crippen molar-refractivity contribution in [3.63, 3.8) is 0 Å². The van der Waals surface area contributed by atoms with Gasteiger partial charge in [-0.05, 0) is 0 Å². The summed E-state index contributed by atoms with van der Waals surface area (Å²) in [6.07, 6.45) is -4.08. The second-order valence-corrected chi connectivity index (χ2v) is 6.42. The van der Waals surface area contributed by atoms with Crippen molar-refractivity contribution in [2.45, 2.75) is 16.3 Å². The van der Waals surface area contributed by atoms with Gasteiger partial charge in [-0.2, -0.15) is 0 Å². The number of rotatable bonds is 4. The van der Waals surface area contributed by atoms with Crippen molar-refractivity contribution in [1.82, 2.24) is 0 Å². The molecule has 0 radical (unpaired) electrons. The Labute approximate surface area is 116 Å². The molecule has 0 atom stereocenters. The van der Waals surface area contributed by atoms with E-state index in [0.717, 1.165) is 11.1 Å². The van der Waals surface area contributed by atoms with Gasteiger partial charge in [-0.1, -0.05) is 0 Å². The molecule has 0 saturated heterocycles. The molecule has 2 rings (SSSR count). The van der Waals surface area contributed by atoms with Crippen LogP contribution in [0, 0.1) is 0 Å². The first-order valence-corrected chi connectivity index (χ1v) is 8.04. The van der Waals surface area contributed by atoms with Gasteiger partial charge >= 0.3 is 116 Å². The Morgan fingerprint density at radius 1 is 0.789 bits per heavy atom. The molecule has 0 saturated carbocycles. The fourth-order valence-corrected chi connectivity index (χ4v) is 4.03. The molecule has 0 unspecified atom stereocenters. The molecule has 0 bridgehead atoms. The van der Waals surface area contributed by atoms with Crippen LogP contribution in [0.1, 0.15) is 15.9 Å². The molecule has 2 aromatic carbocycles. The van der Waals surface area contributed by atoms with E-state index >= 15 is 0 Å². The maximum atomic E-state index is 12.5. The fourth-order valence-electron chi connectivity index (χ4n) is 1.82. The van der Waals surface area contributed by atoms with Crippen molar-refractivity contribution in [2.75, 3.05) is 0 Å². The Morgan fingerprint density at radius 2 is 1.21 bits per heavy atom. The minimum absolute atomic E-state index is 0.142. The van der Waals surface area contributed by atoms with Crippen molar-refractivity contribution in [3.05, 3.63) is 71.8 Å². The Morgan fingerprint density at radius 3 is 1.58 bits per heavy atom. The van der Waals surface area contributed by atoms with Gasteiger partial charge in [0.15, 0.2) is 0 Å². The Kier molecular flexibility index (Phi) is 4.67. The van der Waals surface area contributed by atoms with E-state index in [1.807, 2.05) is 60.7 Å². The molecule has 0 heterocycles. The summed E-state index contributed by atoms with van der Waals surface area (Å²) in [5.41, 5.74) is 1.91. The molecular formula is C15H13F3Se. The van der Waals surface area contributed by atoms with E-state index < -0.39 is 26.5 Å². The summed E-state index contributed by atoms with van der Waals surface area (Å²) < 4.78 is 37.4. The second-order valence-electron chi connectivity index (χ2n) is 4.13. The van der Waals surface area contributed by atoms with Crippen LogP contribution < -0.4 is 0 Å². The number of alkyl halides is 3. The van der Waals surface area contributed by atoms with E-state index in [4.69, 9.17) is 0 Å². The average Bonchev–Trinajstić information content (AvgIpc) is 2.40. The number of benzene rings is 2. The maximum absolute atomic E-state index is 12.5. The van der Waals surface area contributed by atoms with E-state index in [-0.39, 0.29) is 4.82 Å². The third kappa shape index (κ3) is 4.41. The fraction of sp³-hybridized carbons (Fsp3) is 0.200. The third-order valence-corrected chi connectivity index (χ3v) is 5.50. The van der Waals surface area contributed by atoms with Crippen molar-refractivity contribution in [1.29, 1.82) is 0 Å². The van der Waals surface area contributed by atoms with Gasteiger partial charge in [0.05, 0.1) is 0 Å². The zero-order valence-electron chi connectivity index (χ0n) is 10.1. The Bertz CT molecular complexity index is 454. The first kappa shape index (κ1) is 14.2. The van der Waals surface area contributed by atoms with E-state index in [0.29, 0.717) is 0 Å². The zero-order valence-corrected chi connectivity index (χ0v) is 11.8. The van der Waals surface area contributed by atoms with Crippen molar-refractivity contribution in [2.24, 2.45) is 0 Å². The monoisotopic (exact) mass is 330 g/mol. The van der Waals surface area contributed by atoms with Crippen LogP contribution in [0.2, 0.25) is 5.32 Å². The topological polar surface area (TPSA) is 0 Å². The van der Waals surface area contributed by atoms with Crippen LogP contribution in [0.25, 0.3) is 0 Å². The summed E-state index contributed by atoms with van der Waals surface area (Å²) in [5, 5.41) is -0.700. The van der Waals surface area contributed by atoms with E-state index in [1.54, 1.807) is 0 Å². The standard InChI is InChI=1S/C15H13F3Se/c16-15(17,18)11-19-14(12-7-3-1-4-8-12)13-9-5-2-6-10-13/h1-10,14H,11H2. The molecule has 0 aliphatic rings. The third-order valence-electron chi connectivity index (χ3n) is 2.62. The summed E-state index contributed by atoms with van der Waals surface area (Å²) in [6.45, 7) is 0. The average molecular weight is 329 g/mol. The molecule has 0 spiro atoms. The van der Waals surface area contributed by atoms with Crippen molar-refractivity contribution >= 4 is 15.0 Å². The zero-order chi connectivity index (χ0) is 13.7. The molecule has 100 valence electrons. The first-order valence-electron chi connectivity index (χ1n) is 5.84. The van der Waals surface area contributed by atoms with Gasteiger partial charge in [0.1, 0.15) is 0 Å². The normalized spacial score (nSPS) is 11.8. The molecule has 0 aliphatic carbocycles. The molecule has 4 heteroatoms. The summed E-state index contributed by atoms with van der Waals surface area (Å²) in [4.78, 5) is -0.142. The van der Waals surface area contributed by atoms with Crippen molar-refractivity contribution < 1.29 is 13.2 Å². The summed E-state index contributed by atoms with van der Waals surface area (Å²) >= 11 is -0.541. The molecule has 0 aromatic heterocycles. The molecule has 0 nitrogen and oxygen atoms in total. The number of halogens is 3. The van der Waals surface area contributed by atoms with Gasteiger partial charge in [0, 0.05) is 0 Å². The summed E-state index contributed by atoms with van der Waals surface area (Å²) in [6, 6.07) is 18.8. The molecule has 2 aromatic rings. The van der Waals surface area contributed by atoms with Gasteiger partial charge in [0.2, 0.25) is 0 Å². The molecule has 19 heavy (non-hydrogen) atoms. The van der Waals surface area contributed by atoms with Gasteiger partial charge in [-0.25, -0.2) is 0 Å². The van der Waals surface area contributed by atoms with Gasteiger partial charge < -0.3 is 0 Å². The van der Waals surface area contributed by atoms with Crippen LogP contribution in [0.5, 0.6) is 0 Å². The van der Waals surface area contributed by atoms with Crippen molar-refractivity contribution in [3.8, 4) is 0 Å². The number of hydrogen-bond acceptors (Lipinski definition) is 0.